The largest absolute Gasteiger partial charge is 0.251 e. The first-order chi connectivity index (χ1) is 6.79. The van der Waals surface area contributed by atoms with Crippen LogP contribution in [0.4, 0.5) is 0 Å². The minimum absolute atomic E-state index is 0.0480. The molecule has 0 aliphatic heterocycles. The van der Waals surface area contributed by atoms with E-state index in [0.29, 0.717) is 0 Å². The van der Waals surface area contributed by atoms with E-state index in [0.717, 1.165) is 5.56 Å². The van der Waals surface area contributed by atoms with Crippen LogP contribution < -0.4 is 0 Å². The molecule has 0 aliphatic rings. The average molecular weight is 208 g/mol. The van der Waals surface area contributed by atoms with Crippen LogP contribution in [0.3, 0.4) is 0 Å². The van der Waals surface area contributed by atoms with E-state index in [4.69, 9.17) is 5.26 Å². The lowest BCUT2D eigenvalue weighted by molar-refractivity contribution is -0.318. The van der Waals surface area contributed by atoms with Gasteiger partial charge < -0.3 is 0 Å². The zero-order valence-corrected chi connectivity index (χ0v) is 10.2. The van der Waals surface area contributed by atoms with Crippen molar-refractivity contribution in [1.82, 2.24) is 0 Å². The predicted molar refractivity (Wildman–Crippen MR) is 61.9 cm³/mol. The number of hydrogen-bond acceptors (Lipinski definition) is 2. The Bertz CT molecular complexity index is 335. The molecule has 0 aliphatic carbocycles. The molecule has 0 radical (unpaired) electrons. The maximum Gasteiger partial charge on any atom is 0.123 e. The van der Waals surface area contributed by atoms with Gasteiger partial charge in [-0.1, -0.05) is 45.0 Å². The molecule has 1 aromatic carbocycles. The van der Waals surface area contributed by atoms with E-state index in [1.807, 2.05) is 32.0 Å². The molecule has 1 rings (SSSR count). The second-order valence-electron chi connectivity index (χ2n) is 5.40. The highest BCUT2D eigenvalue weighted by atomic mass is 17.1. The second kappa shape index (κ2) is 3.95. The van der Waals surface area contributed by atoms with Crippen LogP contribution in [-0.2, 0) is 15.9 Å². The number of hydrogen-bond donors (Lipinski definition) is 1. The van der Waals surface area contributed by atoms with Crippen molar-refractivity contribution in [3.05, 3.63) is 35.4 Å². The third kappa shape index (κ3) is 2.58. The van der Waals surface area contributed by atoms with Crippen LogP contribution in [0.25, 0.3) is 0 Å². The fourth-order valence-electron chi connectivity index (χ4n) is 1.71. The molecule has 0 spiro atoms. The van der Waals surface area contributed by atoms with Crippen LogP contribution in [0.15, 0.2) is 24.3 Å². The van der Waals surface area contributed by atoms with E-state index in [-0.39, 0.29) is 5.41 Å². The van der Waals surface area contributed by atoms with E-state index in [2.05, 4.69) is 31.7 Å². The van der Waals surface area contributed by atoms with Gasteiger partial charge in [-0.25, -0.2) is 4.89 Å². The van der Waals surface area contributed by atoms with E-state index in [1.54, 1.807) is 0 Å². The highest BCUT2D eigenvalue weighted by molar-refractivity contribution is 5.36. The summed E-state index contributed by atoms with van der Waals surface area (Å²) in [6, 6.07) is 8.05. The summed E-state index contributed by atoms with van der Waals surface area (Å²) in [6.45, 7) is 10.2. The zero-order valence-electron chi connectivity index (χ0n) is 10.2. The molecule has 0 saturated carbocycles. The Morgan fingerprint density at radius 3 is 1.80 bits per heavy atom. The lowest BCUT2D eigenvalue weighted by Crippen LogP contribution is -2.26. The SMILES string of the molecule is CC(C)(C)c1ccccc1C(C)(C)OO. The lowest BCUT2D eigenvalue weighted by Gasteiger charge is -2.30. The molecular weight excluding hydrogens is 188 g/mol. The summed E-state index contributed by atoms with van der Waals surface area (Å²) in [6.07, 6.45) is 0. The zero-order chi connectivity index (χ0) is 11.7. The molecule has 0 saturated heterocycles. The predicted octanol–water partition coefficient (Wildman–Crippen LogP) is 3.71. The minimum Gasteiger partial charge on any atom is -0.251 e. The molecule has 0 heterocycles. The van der Waals surface area contributed by atoms with Crippen LogP contribution in [0, 0.1) is 0 Å². The third-order valence-electron chi connectivity index (χ3n) is 2.61. The van der Waals surface area contributed by atoms with Crippen molar-refractivity contribution in [3.8, 4) is 0 Å². The summed E-state index contributed by atoms with van der Waals surface area (Å²) in [5.74, 6) is 0. The van der Waals surface area contributed by atoms with Gasteiger partial charge in [-0.05, 0) is 30.4 Å². The fraction of sp³-hybridized carbons (Fsp3) is 0.538. The number of rotatable bonds is 2. The number of benzene rings is 1. The van der Waals surface area contributed by atoms with Crippen molar-refractivity contribution >= 4 is 0 Å². The Morgan fingerprint density at radius 1 is 0.933 bits per heavy atom. The summed E-state index contributed by atoms with van der Waals surface area (Å²) >= 11 is 0. The molecule has 0 amide bonds. The maximum atomic E-state index is 8.94. The van der Waals surface area contributed by atoms with Crippen molar-refractivity contribution in [2.45, 2.75) is 45.6 Å². The van der Waals surface area contributed by atoms with Gasteiger partial charge in [0.15, 0.2) is 0 Å². The van der Waals surface area contributed by atoms with Crippen LogP contribution in [0.2, 0.25) is 0 Å². The summed E-state index contributed by atoms with van der Waals surface area (Å²) < 4.78 is 0. The average Bonchev–Trinajstić information content (AvgIpc) is 2.16. The molecule has 1 aromatic rings. The van der Waals surface area contributed by atoms with Crippen LogP contribution in [-0.4, -0.2) is 5.26 Å². The van der Waals surface area contributed by atoms with Crippen LogP contribution in [0.1, 0.15) is 45.7 Å². The summed E-state index contributed by atoms with van der Waals surface area (Å²) in [5.41, 5.74) is 1.61. The van der Waals surface area contributed by atoms with Crippen LogP contribution >= 0.6 is 0 Å². The van der Waals surface area contributed by atoms with Gasteiger partial charge in [0.25, 0.3) is 0 Å². The molecule has 2 heteroatoms. The molecule has 15 heavy (non-hydrogen) atoms. The fourth-order valence-corrected chi connectivity index (χ4v) is 1.71. The van der Waals surface area contributed by atoms with Crippen molar-refractivity contribution in [3.63, 3.8) is 0 Å². The topological polar surface area (TPSA) is 29.5 Å². The Balaban J connectivity index is 3.31. The Morgan fingerprint density at radius 2 is 1.40 bits per heavy atom. The Kier molecular flexibility index (Phi) is 3.22. The molecule has 84 valence electrons. The van der Waals surface area contributed by atoms with E-state index in [1.165, 1.54) is 5.56 Å². The second-order valence-corrected chi connectivity index (χ2v) is 5.40. The van der Waals surface area contributed by atoms with E-state index >= 15 is 0 Å². The van der Waals surface area contributed by atoms with Crippen molar-refractivity contribution in [2.24, 2.45) is 0 Å². The smallest absolute Gasteiger partial charge is 0.123 e. The molecule has 1 N–H and O–H groups in total. The monoisotopic (exact) mass is 208 g/mol. The van der Waals surface area contributed by atoms with Gasteiger partial charge in [-0.2, -0.15) is 0 Å². The first-order valence-electron chi connectivity index (χ1n) is 5.21. The summed E-state index contributed by atoms with van der Waals surface area (Å²) in [5, 5.41) is 8.94. The van der Waals surface area contributed by atoms with Crippen molar-refractivity contribution in [2.75, 3.05) is 0 Å². The van der Waals surface area contributed by atoms with E-state index in [9.17, 15) is 0 Å². The molecule has 0 atom stereocenters. The third-order valence-corrected chi connectivity index (χ3v) is 2.61. The molecule has 0 unspecified atom stereocenters. The molecular formula is C13H20O2. The first-order valence-corrected chi connectivity index (χ1v) is 5.21. The highest BCUT2D eigenvalue weighted by Crippen LogP contribution is 2.33. The first kappa shape index (κ1) is 12.2. The quantitative estimate of drug-likeness (QED) is 0.593. The Labute approximate surface area is 91.8 Å². The van der Waals surface area contributed by atoms with Crippen molar-refractivity contribution < 1.29 is 10.1 Å². The molecule has 0 aromatic heterocycles. The standard InChI is InChI=1S/C13H20O2/c1-12(2,3)10-8-6-7-9-11(10)13(4,5)15-14/h6-9,14H,1-5H3. The molecule has 0 fully saturated rings. The molecule has 2 nitrogen and oxygen atoms in total. The van der Waals surface area contributed by atoms with Gasteiger partial charge in [0.05, 0.1) is 0 Å². The van der Waals surface area contributed by atoms with Crippen molar-refractivity contribution in [1.29, 1.82) is 0 Å². The van der Waals surface area contributed by atoms with Gasteiger partial charge in [0.2, 0.25) is 0 Å². The maximum absolute atomic E-state index is 8.94. The van der Waals surface area contributed by atoms with Gasteiger partial charge in [-0.15, -0.1) is 0 Å². The lowest BCUT2D eigenvalue weighted by atomic mass is 9.79. The van der Waals surface area contributed by atoms with Gasteiger partial charge >= 0.3 is 0 Å². The highest BCUT2D eigenvalue weighted by Gasteiger charge is 2.28. The molecule has 0 bridgehead atoms. The van der Waals surface area contributed by atoms with E-state index < -0.39 is 5.60 Å². The van der Waals surface area contributed by atoms with Gasteiger partial charge in [0, 0.05) is 0 Å². The summed E-state index contributed by atoms with van der Waals surface area (Å²) in [7, 11) is 0. The normalized spacial score (nSPS) is 12.9. The van der Waals surface area contributed by atoms with Gasteiger partial charge in [0.1, 0.15) is 5.60 Å². The Hall–Kier alpha value is -0.860. The van der Waals surface area contributed by atoms with Crippen LogP contribution in [0.5, 0.6) is 0 Å². The van der Waals surface area contributed by atoms with Gasteiger partial charge in [-0.3, -0.25) is 5.26 Å². The summed E-state index contributed by atoms with van der Waals surface area (Å²) in [4.78, 5) is 4.56. The minimum atomic E-state index is -0.663.